The number of rotatable bonds is 5. The van der Waals surface area contributed by atoms with Gasteiger partial charge in [-0.3, -0.25) is 4.79 Å². The molecule has 0 saturated carbocycles. The summed E-state index contributed by atoms with van der Waals surface area (Å²) in [5.74, 6) is -0.156. The Balaban J connectivity index is 1.71. The minimum atomic E-state index is -0.877. The predicted molar refractivity (Wildman–Crippen MR) is 90.5 cm³/mol. The van der Waals surface area contributed by atoms with Gasteiger partial charge in [-0.05, 0) is 43.3 Å². The van der Waals surface area contributed by atoms with E-state index in [1.54, 1.807) is 44.4 Å². The third kappa shape index (κ3) is 3.15. The maximum atomic E-state index is 12.4. The van der Waals surface area contributed by atoms with Crippen molar-refractivity contribution in [1.29, 1.82) is 0 Å². The van der Waals surface area contributed by atoms with Gasteiger partial charge in [-0.2, -0.15) is 0 Å². The van der Waals surface area contributed by atoms with Crippen LogP contribution in [0.3, 0.4) is 0 Å². The fourth-order valence-corrected chi connectivity index (χ4v) is 2.45. The summed E-state index contributed by atoms with van der Waals surface area (Å²) in [7, 11) is 1.56. The van der Waals surface area contributed by atoms with Crippen molar-refractivity contribution in [3.8, 4) is 5.75 Å². The largest absolute Gasteiger partial charge is 0.497 e. The summed E-state index contributed by atoms with van der Waals surface area (Å²) in [6, 6.07) is 15.9. The molecule has 3 rings (SSSR count). The number of ketones is 1. The van der Waals surface area contributed by atoms with Gasteiger partial charge in [0.2, 0.25) is 5.78 Å². The molecule has 1 atom stereocenters. The molecule has 5 heteroatoms. The van der Waals surface area contributed by atoms with E-state index in [1.807, 2.05) is 24.3 Å². The Bertz CT molecular complexity index is 847. The van der Waals surface area contributed by atoms with Crippen LogP contribution in [0.4, 0.5) is 0 Å². The van der Waals surface area contributed by atoms with E-state index in [2.05, 4.69) is 4.98 Å². The topological polar surface area (TPSA) is 68.4 Å². The SMILES string of the molecule is COc1ccc(C(=O)[C@@H](C)OC(=O)c2cc3ccccc3[nH]2)cc1. The average Bonchev–Trinajstić information content (AvgIpc) is 3.05. The van der Waals surface area contributed by atoms with Crippen LogP contribution in [0.25, 0.3) is 10.9 Å². The molecule has 122 valence electrons. The maximum Gasteiger partial charge on any atom is 0.355 e. The smallest absolute Gasteiger partial charge is 0.355 e. The van der Waals surface area contributed by atoms with Crippen molar-refractivity contribution in [2.24, 2.45) is 0 Å². The van der Waals surface area contributed by atoms with Crippen LogP contribution in [-0.2, 0) is 4.74 Å². The monoisotopic (exact) mass is 323 g/mol. The van der Waals surface area contributed by atoms with Gasteiger partial charge in [0.1, 0.15) is 11.4 Å². The van der Waals surface area contributed by atoms with Gasteiger partial charge in [0.05, 0.1) is 7.11 Å². The molecule has 0 saturated heterocycles. The molecule has 3 aromatic rings. The number of fused-ring (bicyclic) bond motifs is 1. The third-order valence-corrected chi connectivity index (χ3v) is 3.78. The summed E-state index contributed by atoms with van der Waals surface area (Å²) in [5.41, 5.74) is 1.64. The number of para-hydroxylation sites is 1. The first-order valence-electron chi connectivity index (χ1n) is 7.55. The van der Waals surface area contributed by atoms with E-state index >= 15 is 0 Å². The molecule has 1 aromatic heterocycles. The van der Waals surface area contributed by atoms with Crippen molar-refractivity contribution in [1.82, 2.24) is 4.98 Å². The summed E-state index contributed by atoms with van der Waals surface area (Å²) in [6.45, 7) is 1.56. The highest BCUT2D eigenvalue weighted by atomic mass is 16.5. The van der Waals surface area contributed by atoms with Crippen LogP contribution in [0, 0.1) is 0 Å². The quantitative estimate of drug-likeness (QED) is 0.575. The number of H-pyrrole nitrogens is 1. The van der Waals surface area contributed by atoms with Gasteiger partial charge in [-0.15, -0.1) is 0 Å². The van der Waals surface area contributed by atoms with E-state index < -0.39 is 12.1 Å². The van der Waals surface area contributed by atoms with Gasteiger partial charge < -0.3 is 14.5 Å². The molecule has 0 radical (unpaired) electrons. The summed E-state index contributed by atoms with van der Waals surface area (Å²) in [5, 5.41) is 0.915. The molecule has 1 N–H and O–H groups in total. The summed E-state index contributed by atoms with van der Waals surface area (Å²) >= 11 is 0. The van der Waals surface area contributed by atoms with Gasteiger partial charge in [0.15, 0.2) is 6.10 Å². The highest BCUT2D eigenvalue weighted by Gasteiger charge is 2.21. The number of benzene rings is 2. The van der Waals surface area contributed by atoms with Crippen molar-refractivity contribution >= 4 is 22.7 Å². The van der Waals surface area contributed by atoms with Crippen LogP contribution < -0.4 is 4.74 Å². The number of carbonyl (C=O) groups is 2. The molecule has 0 amide bonds. The van der Waals surface area contributed by atoms with Crippen molar-refractivity contribution in [3.63, 3.8) is 0 Å². The van der Waals surface area contributed by atoms with Crippen LogP contribution in [0.1, 0.15) is 27.8 Å². The zero-order valence-corrected chi connectivity index (χ0v) is 13.4. The molecule has 5 nitrogen and oxygen atoms in total. The Morgan fingerprint density at radius 2 is 1.75 bits per heavy atom. The lowest BCUT2D eigenvalue weighted by molar-refractivity contribution is 0.0314. The third-order valence-electron chi connectivity index (χ3n) is 3.78. The molecule has 0 fully saturated rings. The lowest BCUT2D eigenvalue weighted by atomic mass is 10.1. The summed E-state index contributed by atoms with van der Waals surface area (Å²) in [6.07, 6.45) is -0.877. The lowest BCUT2D eigenvalue weighted by Gasteiger charge is -2.12. The fourth-order valence-electron chi connectivity index (χ4n) is 2.45. The van der Waals surface area contributed by atoms with E-state index in [1.165, 1.54) is 0 Å². The molecule has 0 unspecified atom stereocenters. The number of methoxy groups -OCH3 is 1. The molecule has 0 aliphatic carbocycles. The first kappa shape index (κ1) is 15.8. The molecule has 2 aromatic carbocycles. The van der Waals surface area contributed by atoms with Crippen LogP contribution in [0.15, 0.2) is 54.6 Å². The number of ether oxygens (including phenoxy) is 2. The Morgan fingerprint density at radius 3 is 2.42 bits per heavy atom. The lowest BCUT2D eigenvalue weighted by Crippen LogP contribution is -2.24. The maximum absolute atomic E-state index is 12.4. The average molecular weight is 323 g/mol. The second-order valence-corrected chi connectivity index (χ2v) is 5.41. The Kier molecular flexibility index (Phi) is 4.33. The Labute approximate surface area is 139 Å². The molecule has 0 aliphatic rings. The summed E-state index contributed by atoms with van der Waals surface area (Å²) in [4.78, 5) is 27.6. The van der Waals surface area contributed by atoms with Gasteiger partial charge in [0.25, 0.3) is 0 Å². The highest BCUT2D eigenvalue weighted by molar-refractivity contribution is 6.02. The van der Waals surface area contributed by atoms with E-state index in [-0.39, 0.29) is 5.78 Å². The van der Waals surface area contributed by atoms with Crippen LogP contribution in [0.2, 0.25) is 0 Å². The molecule has 0 aliphatic heterocycles. The zero-order chi connectivity index (χ0) is 17.1. The molecular formula is C19H17NO4. The first-order valence-corrected chi connectivity index (χ1v) is 7.55. The number of esters is 1. The normalized spacial score (nSPS) is 11.9. The van der Waals surface area contributed by atoms with E-state index in [0.29, 0.717) is 17.0 Å². The molecule has 0 spiro atoms. The Morgan fingerprint density at radius 1 is 1.04 bits per heavy atom. The van der Waals surface area contributed by atoms with Gasteiger partial charge in [-0.25, -0.2) is 4.79 Å². The number of hydrogen-bond donors (Lipinski definition) is 1. The van der Waals surface area contributed by atoms with Gasteiger partial charge in [-0.1, -0.05) is 18.2 Å². The van der Waals surface area contributed by atoms with Crippen molar-refractivity contribution < 1.29 is 19.1 Å². The van der Waals surface area contributed by atoms with Crippen LogP contribution in [-0.4, -0.2) is 30.0 Å². The summed E-state index contributed by atoms with van der Waals surface area (Å²) < 4.78 is 10.3. The van der Waals surface area contributed by atoms with E-state index in [0.717, 1.165) is 10.9 Å². The predicted octanol–water partition coefficient (Wildman–Crippen LogP) is 3.60. The minimum absolute atomic E-state index is 0.262. The van der Waals surface area contributed by atoms with Crippen molar-refractivity contribution in [3.05, 3.63) is 65.9 Å². The van der Waals surface area contributed by atoms with E-state index in [4.69, 9.17) is 9.47 Å². The van der Waals surface area contributed by atoms with E-state index in [9.17, 15) is 9.59 Å². The number of nitrogens with one attached hydrogen (secondary N) is 1. The number of hydrogen-bond acceptors (Lipinski definition) is 4. The zero-order valence-electron chi connectivity index (χ0n) is 13.4. The number of Topliss-reactive ketones (excluding diaryl/α,β-unsaturated/α-hetero) is 1. The first-order chi connectivity index (χ1) is 11.6. The van der Waals surface area contributed by atoms with Crippen molar-refractivity contribution in [2.45, 2.75) is 13.0 Å². The second-order valence-electron chi connectivity index (χ2n) is 5.41. The van der Waals surface area contributed by atoms with Gasteiger partial charge in [0, 0.05) is 16.5 Å². The molecule has 24 heavy (non-hydrogen) atoms. The van der Waals surface area contributed by atoms with Crippen LogP contribution >= 0.6 is 0 Å². The molecule has 1 heterocycles. The second kappa shape index (κ2) is 6.58. The number of aromatic nitrogens is 1. The standard InChI is InChI=1S/C19H17NO4/c1-12(18(21)13-7-9-15(23-2)10-8-13)24-19(22)17-11-14-5-3-4-6-16(14)20-17/h3-12,20H,1-2H3/t12-/m1/s1. The molecular weight excluding hydrogens is 306 g/mol. The van der Waals surface area contributed by atoms with Crippen molar-refractivity contribution in [2.75, 3.05) is 7.11 Å². The number of carbonyl (C=O) groups excluding carboxylic acids is 2. The Hall–Kier alpha value is -3.08. The van der Waals surface area contributed by atoms with Gasteiger partial charge >= 0.3 is 5.97 Å². The molecule has 0 bridgehead atoms. The fraction of sp³-hybridized carbons (Fsp3) is 0.158. The highest BCUT2D eigenvalue weighted by Crippen LogP contribution is 2.17. The van der Waals surface area contributed by atoms with Crippen LogP contribution in [0.5, 0.6) is 5.75 Å². The minimum Gasteiger partial charge on any atom is -0.497 e. The number of aromatic amines is 1.